The number of amides is 1. The van der Waals surface area contributed by atoms with E-state index in [0.29, 0.717) is 13.0 Å². The van der Waals surface area contributed by atoms with Gasteiger partial charge in [0.2, 0.25) is 5.91 Å². The molecule has 1 atom stereocenters. The minimum Gasteiger partial charge on any atom is -0.330 e. The molecule has 0 radical (unpaired) electrons. The van der Waals surface area contributed by atoms with Crippen LogP contribution in [0.5, 0.6) is 0 Å². The molecule has 1 saturated heterocycles. The molecule has 0 saturated carbocycles. The molecule has 1 aromatic rings. The van der Waals surface area contributed by atoms with Gasteiger partial charge in [-0.25, -0.2) is 0 Å². The second kappa shape index (κ2) is 4.39. The zero-order valence-electron chi connectivity index (χ0n) is 11.7. The number of carbonyl (C=O) groups is 1. The summed E-state index contributed by atoms with van der Waals surface area (Å²) in [7, 11) is 0. The highest BCUT2D eigenvalue weighted by atomic mass is 16.2. The first-order valence-electron chi connectivity index (χ1n) is 6.48. The predicted octanol–water partition coefficient (Wildman–Crippen LogP) is 2.39. The Morgan fingerprint density at radius 2 is 2.06 bits per heavy atom. The number of nitrogens with zero attached hydrogens (tertiary/aromatic N) is 1. The summed E-state index contributed by atoms with van der Waals surface area (Å²) in [6.07, 6.45) is 0.552. The summed E-state index contributed by atoms with van der Waals surface area (Å²) in [5.74, 6) is 0.411. The molecule has 3 heteroatoms. The Kier molecular flexibility index (Phi) is 3.20. The maximum Gasteiger partial charge on any atom is 0.227 e. The van der Waals surface area contributed by atoms with E-state index in [1.807, 2.05) is 11.8 Å². The van der Waals surface area contributed by atoms with Gasteiger partial charge in [0.25, 0.3) is 0 Å². The number of hydrogen-bond acceptors (Lipinski definition) is 2. The number of carbonyl (C=O) groups excluding carboxylic acids is 1. The van der Waals surface area contributed by atoms with Crippen molar-refractivity contribution in [3.63, 3.8) is 0 Å². The first kappa shape index (κ1) is 13.1. The number of nitrogens with two attached hydrogens (primary N) is 1. The van der Waals surface area contributed by atoms with E-state index >= 15 is 0 Å². The van der Waals surface area contributed by atoms with E-state index in [1.54, 1.807) is 0 Å². The number of hydrogen-bond donors (Lipinski definition) is 1. The van der Waals surface area contributed by atoms with Gasteiger partial charge >= 0.3 is 0 Å². The monoisotopic (exact) mass is 246 g/mol. The third-order valence-corrected chi connectivity index (χ3v) is 4.14. The first-order chi connectivity index (χ1) is 8.37. The molecule has 0 aromatic heterocycles. The van der Waals surface area contributed by atoms with Crippen LogP contribution in [0.4, 0.5) is 5.69 Å². The van der Waals surface area contributed by atoms with E-state index in [4.69, 9.17) is 5.73 Å². The number of anilines is 1. The molecule has 1 fully saturated rings. The van der Waals surface area contributed by atoms with Crippen LogP contribution >= 0.6 is 0 Å². The highest BCUT2D eigenvalue weighted by molar-refractivity contribution is 5.98. The van der Waals surface area contributed by atoms with Gasteiger partial charge in [0.05, 0.1) is 0 Å². The maximum atomic E-state index is 12.3. The van der Waals surface area contributed by atoms with Gasteiger partial charge < -0.3 is 10.6 Å². The molecule has 1 aliphatic rings. The lowest BCUT2D eigenvalue weighted by atomic mass is 9.88. The van der Waals surface area contributed by atoms with Crippen molar-refractivity contribution in [2.45, 2.75) is 39.7 Å². The van der Waals surface area contributed by atoms with Crippen molar-refractivity contribution in [3.8, 4) is 0 Å². The normalized spacial score (nSPS) is 22.6. The molecule has 98 valence electrons. The topological polar surface area (TPSA) is 46.3 Å². The molecule has 0 spiro atoms. The molecule has 1 unspecified atom stereocenters. The number of rotatable bonds is 2. The fourth-order valence-electron chi connectivity index (χ4n) is 2.83. The Balaban J connectivity index is 2.49. The molecule has 2 rings (SSSR count). The Labute approximate surface area is 109 Å². The summed E-state index contributed by atoms with van der Waals surface area (Å²) in [6, 6.07) is 6.24. The van der Waals surface area contributed by atoms with Crippen LogP contribution in [0, 0.1) is 19.8 Å². The lowest BCUT2D eigenvalue weighted by Crippen LogP contribution is -2.46. The van der Waals surface area contributed by atoms with Gasteiger partial charge in [0.15, 0.2) is 0 Å². The van der Waals surface area contributed by atoms with Gasteiger partial charge in [-0.2, -0.15) is 0 Å². The van der Waals surface area contributed by atoms with Crippen molar-refractivity contribution < 1.29 is 4.79 Å². The van der Waals surface area contributed by atoms with Crippen LogP contribution in [-0.2, 0) is 4.79 Å². The third kappa shape index (κ3) is 1.93. The zero-order valence-corrected chi connectivity index (χ0v) is 11.7. The fraction of sp³-hybridized carbons (Fsp3) is 0.533. The predicted molar refractivity (Wildman–Crippen MR) is 74.6 cm³/mol. The lowest BCUT2D eigenvalue weighted by Gasteiger charge is -2.36. The largest absolute Gasteiger partial charge is 0.330 e. The molecule has 0 bridgehead atoms. The number of benzene rings is 1. The quantitative estimate of drug-likeness (QED) is 0.871. The molecule has 0 aliphatic carbocycles. The molecular formula is C15H22N2O. The van der Waals surface area contributed by atoms with Crippen molar-refractivity contribution in [3.05, 3.63) is 29.3 Å². The molecule has 1 aliphatic heterocycles. The molecule has 1 amide bonds. The van der Waals surface area contributed by atoms with Crippen molar-refractivity contribution in [2.75, 3.05) is 11.4 Å². The summed E-state index contributed by atoms with van der Waals surface area (Å²) >= 11 is 0. The molecular weight excluding hydrogens is 224 g/mol. The van der Waals surface area contributed by atoms with Crippen LogP contribution in [0.1, 0.15) is 31.4 Å². The van der Waals surface area contributed by atoms with Crippen LogP contribution in [0.25, 0.3) is 0 Å². The minimum absolute atomic E-state index is 0.184. The second-order valence-corrected chi connectivity index (χ2v) is 5.81. The van der Waals surface area contributed by atoms with Crippen LogP contribution in [0.15, 0.2) is 18.2 Å². The van der Waals surface area contributed by atoms with Crippen molar-refractivity contribution in [2.24, 2.45) is 11.7 Å². The van der Waals surface area contributed by atoms with Crippen molar-refractivity contribution in [1.29, 1.82) is 0 Å². The molecule has 1 aromatic carbocycles. The highest BCUT2D eigenvalue weighted by Crippen LogP contribution is 2.40. The van der Waals surface area contributed by atoms with Crippen LogP contribution in [-0.4, -0.2) is 18.0 Å². The Bertz CT molecular complexity index is 479. The van der Waals surface area contributed by atoms with E-state index in [-0.39, 0.29) is 17.4 Å². The Morgan fingerprint density at radius 1 is 1.39 bits per heavy atom. The number of aryl methyl sites for hydroxylation is 2. The van der Waals surface area contributed by atoms with Gasteiger partial charge in [-0.05, 0) is 51.4 Å². The maximum absolute atomic E-state index is 12.3. The SMILES string of the molecule is Cc1ccc(C)c(N2C(=O)CC(CN)C2(C)C)c1. The van der Waals surface area contributed by atoms with E-state index in [0.717, 1.165) is 11.3 Å². The summed E-state index contributed by atoms with van der Waals surface area (Å²) < 4.78 is 0. The molecule has 18 heavy (non-hydrogen) atoms. The van der Waals surface area contributed by atoms with Gasteiger partial charge in [0, 0.05) is 23.6 Å². The standard InChI is InChI=1S/C15H22N2O/c1-10-5-6-11(2)13(7-10)17-14(18)8-12(9-16)15(17,3)4/h5-7,12H,8-9,16H2,1-4H3. The van der Waals surface area contributed by atoms with Gasteiger partial charge in [-0.3, -0.25) is 4.79 Å². The third-order valence-electron chi connectivity index (χ3n) is 4.14. The van der Waals surface area contributed by atoms with Crippen LogP contribution in [0.2, 0.25) is 0 Å². The summed E-state index contributed by atoms with van der Waals surface area (Å²) in [5, 5.41) is 0. The van der Waals surface area contributed by atoms with Crippen LogP contribution in [0.3, 0.4) is 0 Å². The molecule has 1 heterocycles. The van der Waals surface area contributed by atoms with E-state index in [9.17, 15) is 4.79 Å². The van der Waals surface area contributed by atoms with Crippen molar-refractivity contribution >= 4 is 11.6 Å². The van der Waals surface area contributed by atoms with E-state index in [1.165, 1.54) is 5.56 Å². The fourth-order valence-corrected chi connectivity index (χ4v) is 2.83. The van der Waals surface area contributed by atoms with Gasteiger partial charge in [0.1, 0.15) is 0 Å². The van der Waals surface area contributed by atoms with E-state index < -0.39 is 0 Å². The highest BCUT2D eigenvalue weighted by Gasteiger charge is 2.46. The first-order valence-corrected chi connectivity index (χ1v) is 6.48. The van der Waals surface area contributed by atoms with Gasteiger partial charge in [-0.15, -0.1) is 0 Å². The summed E-state index contributed by atoms with van der Waals surface area (Å²) in [4.78, 5) is 14.2. The Morgan fingerprint density at radius 3 is 2.61 bits per heavy atom. The zero-order chi connectivity index (χ0) is 13.5. The summed E-state index contributed by atoms with van der Waals surface area (Å²) in [5.41, 5.74) is 8.94. The minimum atomic E-state index is -0.204. The Hall–Kier alpha value is -1.35. The molecule has 2 N–H and O–H groups in total. The van der Waals surface area contributed by atoms with Gasteiger partial charge in [-0.1, -0.05) is 12.1 Å². The van der Waals surface area contributed by atoms with E-state index in [2.05, 4.69) is 39.0 Å². The van der Waals surface area contributed by atoms with Crippen LogP contribution < -0.4 is 10.6 Å². The van der Waals surface area contributed by atoms with Crippen molar-refractivity contribution in [1.82, 2.24) is 0 Å². The lowest BCUT2D eigenvalue weighted by molar-refractivity contribution is -0.117. The smallest absolute Gasteiger partial charge is 0.227 e. The summed E-state index contributed by atoms with van der Waals surface area (Å²) in [6.45, 7) is 8.87. The average Bonchev–Trinajstić information content (AvgIpc) is 2.52. The average molecular weight is 246 g/mol. The second-order valence-electron chi connectivity index (χ2n) is 5.81. The molecule has 3 nitrogen and oxygen atoms in total.